The molecule has 0 aliphatic carbocycles. The van der Waals surface area contributed by atoms with E-state index in [1.807, 2.05) is 4.90 Å². The van der Waals surface area contributed by atoms with Crippen LogP contribution in [0, 0.1) is 0 Å². The highest BCUT2D eigenvalue weighted by atomic mass is 35.5. The molecule has 0 saturated carbocycles. The van der Waals surface area contributed by atoms with Crippen LogP contribution in [-0.4, -0.2) is 91.2 Å². The van der Waals surface area contributed by atoms with Gasteiger partial charge in [0, 0.05) is 40.4 Å². The normalized spacial score (nSPS) is 13.8. The highest BCUT2D eigenvalue weighted by Crippen LogP contribution is 2.32. The molecule has 1 aliphatic heterocycles. The van der Waals surface area contributed by atoms with Gasteiger partial charge < -0.3 is 24.0 Å². The number of nitrogens with zero attached hydrogens (tertiary/aromatic N) is 5. The molecule has 15 heteroatoms. The molecule has 0 aromatic carbocycles. The Balaban J connectivity index is 0.00000137. The van der Waals surface area contributed by atoms with Crippen LogP contribution < -0.4 is 15.2 Å². The Hall–Kier alpha value is -2.97. The number of anilines is 1. The average molecular weight is 523 g/mol. The first-order valence-corrected chi connectivity index (χ1v) is 10.8. The maximum Gasteiger partial charge on any atom is 0.425 e. The number of aromatic amines is 1. The van der Waals surface area contributed by atoms with Gasteiger partial charge in [-0.15, -0.1) is 0 Å². The number of halogens is 4. The highest BCUT2D eigenvalue weighted by Gasteiger charge is 2.38. The quantitative estimate of drug-likeness (QED) is 0.515. The lowest BCUT2D eigenvalue weighted by molar-refractivity contribution is -0.140. The van der Waals surface area contributed by atoms with Crippen LogP contribution in [0.1, 0.15) is 12.0 Å². The highest BCUT2D eigenvalue weighted by molar-refractivity contribution is 6.30. The number of hydrogen-bond donors (Lipinski definition) is 1. The van der Waals surface area contributed by atoms with E-state index in [1.165, 1.54) is 12.4 Å². The number of piperazine rings is 1. The van der Waals surface area contributed by atoms with Gasteiger partial charge in [-0.05, 0) is 0 Å². The summed E-state index contributed by atoms with van der Waals surface area (Å²) >= 11 is 5.78. The zero-order valence-corrected chi connectivity index (χ0v) is 19.9. The molecular formula is C20H26ClF3N6O5. The van der Waals surface area contributed by atoms with Crippen molar-refractivity contribution in [1.82, 2.24) is 25.1 Å². The molecule has 3 rings (SSSR count). The van der Waals surface area contributed by atoms with Crippen molar-refractivity contribution in [2.45, 2.75) is 12.6 Å². The van der Waals surface area contributed by atoms with Crippen molar-refractivity contribution in [2.24, 2.45) is 0 Å². The maximum atomic E-state index is 12.9. The van der Waals surface area contributed by atoms with E-state index in [1.54, 1.807) is 24.2 Å². The van der Waals surface area contributed by atoms with Crippen molar-refractivity contribution in [2.75, 3.05) is 65.1 Å². The summed E-state index contributed by atoms with van der Waals surface area (Å²) in [5, 5.41) is 5.47. The average Bonchev–Trinajstić information content (AvgIpc) is 2.81. The van der Waals surface area contributed by atoms with Crippen molar-refractivity contribution in [1.29, 1.82) is 0 Å². The minimum absolute atomic E-state index is 0.0565. The zero-order chi connectivity index (χ0) is 25.8. The van der Waals surface area contributed by atoms with E-state index in [4.69, 9.17) is 21.1 Å². The molecule has 1 N–H and O–H groups in total. The fourth-order valence-corrected chi connectivity index (χ4v) is 3.11. The number of H-pyrrole nitrogens is 1. The van der Waals surface area contributed by atoms with E-state index in [0.29, 0.717) is 37.1 Å². The molecular weight excluding hydrogens is 497 g/mol. The number of amides is 1. The third-order valence-electron chi connectivity index (χ3n) is 4.57. The van der Waals surface area contributed by atoms with Gasteiger partial charge in [-0.1, -0.05) is 11.6 Å². The van der Waals surface area contributed by atoms with Crippen LogP contribution in [0.4, 0.5) is 19.1 Å². The van der Waals surface area contributed by atoms with E-state index in [9.17, 15) is 22.8 Å². The SMILES string of the molecule is COC.O=C(CCOCCOc1cn[nH]c(=O)c1C(F)(F)F)N1CCN(c2ncc(Cl)cn2)CC1. The molecule has 0 atom stereocenters. The third-order valence-corrected chi connectivity index (χ3v) is 4.77. The fraction of sp³-hybridized carbons (Fsp3) is 0.550. The predicted octanol–water partition coefficient (Wildman–Crippen LogP) is 1.63. The predicted molar refractivity (Wildman–Crippen MR) is 120 cm³/mol. The number of carbonyl (C=O) groups excluding carboxylic acids is 1. The van der Waals surface area contributed by atoms with Crippen LogP contribution in [0.15, 0.2) is 23.4 Å². The molecule has 0 spiro atoms. The number of nitrogens with one attached hydrogen (secondary N) is 1. The molecule has 0 bridgehead atoms. The summed E-state index contributed by atoms with van der Waals surface area (Å²) in [6.07, 6.45) is -0.944. The molecule has 1 fully saturated rings. The standard InChI is InChI=1S/C18H20ClF3N6O4.C2H6O/c19-12-9-23-17(24-10-12)28-4-2-27(3-5-28)14(29)1-6-31-7-8-32-13-11-25-26-16(30)15(13)18(20,21)22;1-3-2/h9-11H,1-8H2,(H,26,30);1-2H3. The summed E-state index contributed by atoms with van der Waals surface area (Å²) in [5.41, 5.74) is -2.84. The summed E-state index contributed by atoms with van der Waals surface area (Å²) in [6, 6.07) is 0. The van der Waals surface area contributed by atoms with Crippen LogP contribution in [0.3, 0.4) is 0 Å². The van der Waals surface area contributed by atoms with Crippen molar-refractivity contribution < 1.29 is 32.2 Å². The molecule has 194 valence electrons. The Labute approximate surface area is 204 Å². The Kier molecular flexibility index (Phi) is 11.1. The third kappa shape index (κ3) is 8.96. The summed E-state index contributed by atoms with van der Waals surface area (Å²) in [4.78, 5) is 35.6. The first-order chi connectivity index (χ1) is 16.7. The van der Waals surface area contributed by atoms with Crippen molar-refractivity contribution in [3.8, 4) is 5.75 Å². The minimum atomic E-state index is -4.87. The second-order valence-electron chi connectivity index (χ2n) is 7.12. The van der Waals surface area contributed by atoms with Gasteiger partial charge in [0.2, 0.25) is 11.9 Å². The summed E-state index contributed by atoms with van der Waals surface area (Å²) < 4.78 is 53.3. The van der Waals surface area contributed by atoms with Crippen molar-refractivity contribution in [3.63, 3.8) is 0 Å². The maximum absolute atomic E-state index is 12.9. The van der Waals surface area contributed by atoms with Gasteiger partial charge in [0.1, 0.15) is 6.61 Å². The monoisotopic (exact) mass is 522 g/mol. The number of methoxy groups -OCH3 is 1. The van der Waals surface area contributed by atoms with Crippen molar-refractivity contribution in [3.05, 3.63) is 39.5 Å². The van der Waals surface area contributed by atoms with E-state index in [0.717, 1.165) is 6.20 Å². The smallest absolute Gasteiger partial charge is 0.425 e. The van der Waals surface area contributed by atoms with Crippen LogP contribution in [0.25, 0.3) is 0 Å². The first kappa shape index (κ1) is 28.3. The molecule has 0 unspecified atom stereocenters. The Morgan fingerprint density at radius 1 is 1.09 bits per heavy atom. The minimum Gasteiger partial charge on any atom is -0.489 e. The molecule has 11 nitrogen and oxygen atoms in total. The molecule has 3 heterocycles. The van der Waals surface area contributed by atoms with E-state index in [-0.39, 0.29) is 32.1 Å². The van der Waals surface area contributed by atoms with E-state index >= 15 is 0 Å². The van der Waals surface area contributed by atoms with Gasteiger partial charge in [-0.3, -0.25) is 9.59 Å². The van der Waals surface area contributed by atoms with Gasteiger partial charge in [0.15, 0.2) is 11.3 Å². The van der Waals surface area contributed by atoms with E-state index in [2.05, 4.69) is 19.8 Å². The number of rotatable bonds is 8. The lowest BCUT2D eigenvalue weighted by atomic mass is 10.3. The molecule has 2 aromatic heterocycles. The number of hydrogen-bond acceptors (Lipinski definition) is 9. The van der Waals surface area contributed by atoms with Gasteiger partial charge in [-0.2, -0.15) is 18.3 Å². The Bertz CT molecular complexity index is 984. The van der Waals surface area contributed by atoms with Crippen LogP contribution in [0.5, 0.6) is 5.75 Å². The largest absolute Gasteiger partial charge is 0.489 e. The number of ether oxygens (including phenoxy) is 3. The Morgan fingerprint density at radius 2 is 1.71 bits per heavy atom. The van der Waals surface area contributed by atoms with Gasteiger partial charge >= 0.3 is 6.18 Å². The second kappa shape index (κ2) is 13.8. The summed E-state index contributed by atoms with van der Waals surface area (Å²) in [6.45, 7) is 1.96. The fourth-order valence-electron chi connectivity index (χ4n) is 3.01. The van der Waals surface area contributed by atoms with Gasteiger partial charge in [-0.25, -0.2) is 15.1 Å². The molecule has 0 radical (unpaired) electrons. The van der Waals surface area contributed by atoms with Gasteiger partial charge in [0.05, 0.1) is 43.2 Å². The molecule has 1 saturated heterocycles. The topological polar surface area (TPSA) is 123 Å². The van der Waals surface area contributed by atoms with Crippen LogP contribution in [-0.2, 0) is 20.4 Å². The van der Waals surface area contributed by atoms with Crippen LogP contribution in [0.2, 0.25) is 5.02 Å². The van der Waals surface area contributed by atoms with E-state index < -0.39 is 23.0 Å². The van der Waals surface area contributed by atoms with Gasteiger partial charge in [0.25, 0.3) is 5.56 Å². The Morgan fingerprint density at radius 3 is 2.31 bits per heavy atom. The van der Waals surface area contributed by atoms with Crippen molar-refractivity contribution >= 4 is 23.5 Å². The first-order valence-electron chi connectivity index (χ1n) is 10.4. The zero-order valence-electron chi connectivity index (χ0n) is 19.2. The molecule has 1 amide bonds. The molecule has 1 aliphatic rings. The number of alkyl halides is 3. The molecule has 35 heavy (non-hydrogen) atoms. The molecule has 2 aromatic rings. The lowest BCUT2D eigenvalue weighted by Crippen LogP contribution is -2.49. The second-order valence-corrected chi connectivity index (χ2v) is 7.56. The lowest BCUT2D eigenvalue weighted by Gasteiger charge is -2.34. The summed E-state index contributed by atoms with van der Waals surface area (Å²) in [5.74, 6) is -0.224. The number of aromatic nitrogens is 4. The summed E-state index contributed by atoms with van der Waals surface area (Å²) in [7, 11) is 3.25. The van der Waals surface area contributed by atoms with Crippen LogP contribution >= 0.6 is 11.6 Å². The number of carbonyl (C=O) groups is 1.